The van der Waals surface area contributed by atoms with E-state index in [-0.39, 0.29) is 11.4 Å². The third-order valence-electron chi connectivity index (χ3n) is 1.36. The lowest BCUT2D eigenvalue weighted by Crippen LogP contribution is -2.12. The minimum absolute atomic E-state index is 0.226. The quantitative estimate of drug-likeness (QED) is 0.397. The van der Waals surface area contributed by atoms with Gasteiger partial charge in [0.1, 0.15) is 0 Å². The van der Waals surface area contributed by atoms with E-state index in [1.54, 1.807) is 0 Å². The number of alkyl halides is 4. The first kappa shape index (κ1) is 10.2. The van der Waals surface area contributed by atoms with Crippen molar-refractivity contribution >= 4 is 11.6 Å². The van der Waals surface area contributed by atoms with Gasteiger partial charge in [-0.25, -0.2) is 4.98 Å². The minimum atomic E-state index is -4.66. The first-order chi connectivity index (χ1) is 5.95. The van der Waals surface area contributed by atoms with Crippen LogP contribution in [0.3, 0.4) is 0 Å². The molecule has 0 aliphatic heterocycles. The van der Waals surface area contributed by atoms with E-state index in [1.807, 2.05) is 0 Å². The fourth-order valence-electron chi connectivity index (χ4n) is 0.817. The van der Waals surface area contributed by atoms with Crippen molar-refractivity contribution in [3.05, 3.63) is 29.3 Å². The summed E-state index contributed by atoms with van der Waals surface area (Å²) in [6.07, 6.45) is -4.66. The van der Waals surface area contributed by atoms with Crippen LogP contribution in [0.2, 0.25) is 0 Å². The second-order valence-corrected chi connectivity index (χ2v) is 2.54. The molecule has 1 aromatic heterocycles. The lowest BCUT2D eigenvalue weighted by molar-refractivity contribution is -0.142. The van der Waals surface area contributed by atoms with Crippen molar-refractivity contribution in [3.63, 3.8) is 0 Å². The molecule has 6 heteroatoms. The molecule has 0 bridgehead atoms. The maximum atomic E-state index is 12.4. The molecule has 1 heterocycles. The summed E-state index contributed by atoms with van der Waals surface area (Å²) in [5.74, 6) is -1.51. The molecule has 0 unspecified atom stereocenters. The molecule has 0 saturated carbocycles. The van der Waals surface area contributed by atoms with Crippen LogP contribution in [-0.2, 0) is 12.1 Å². The second-order valence-electron chi connectivity index (χ2n) is 2.27. The van der Waals surface area contributed by atoms with E-state index in [9.17, 15) is 17.6 Å². The van der Waals surface area contributed by atoms with Crippen LogP contribution in [0.25, 0.3) is 0 Å². The van der Waals surface area contributed by atoms with Gasteiger partial charge in [0.05, 0.1) is 0 Å². The zero-order valence-electron chi connectivity index (χ0n) is 6.20. The fraction of sp³-hybridized carbons (Fsp3) is 0.286. The third kappa shape index (κ3) is 2.30. The van der Waals surface area contributed by atoms with Crippen molar-refractivity contribution in [2.24, 2.45) is 0 Å². The number of pyridine rings is 1. The Morgan fingerprint density at radius 3 is 2.38 bits per heavy atom. The molecule has 0 N–H and O–H groups in total. The highest BCUT2D eigenvalue weighted by molar-refractivity contribution is 6.17. The van der Waals surface area contributed by atoms with E-state index in [1.165, 1.54) is 0 Å². The minimum Gasteiger partial charge on any atom is -0.215 e. The summed E-state index contributed by atoms with van der Waals surface area (Å²) in [7, 11) is 0. The Morgan fingerprint density at radius 1 is 1.31 bits per heavy atom. The van der Waals surface area contributed by atoms with Gasteiger partial charge in [-0.15, -0.1) is 11.6 Å². The topological polar surface area (TPSA) is 12.9 Å². The molecule has 72 valence electrons. The van der Waals surface area contributed by atoms with Crippen molar-refractivity contribution in [3.8, 4) is 0 Å². The van der Waals surface area contributed by atoms with E-state index >= 15 is 0 Å². The number of nitrogens with zero attached hydrogens (tertiary/aromatic N) is 1. The van der Waals surface area contributed by atoms with Crippen LogP contribution in [0, 0.1) is 5.95 Å². The molecule has 0 radical (unpaired) electrons. The Hall–Kier alpha value is -0.840. The predicted molar refractivity (Wildman–Crippen MR) is 38.8 cm³/mol. The number of hydrogen-bond donors (Lipinski definition) is 0. The average Bonchev–Trinajstić information content (AvgIpc) is 2.03. The molecule has 0 aliphatic carbocycles. The summed E-state index contributed by atoms with van der Waals surface area (Å²) in [4.78, 5) is 2.74. The number of rotatable bonds is 1. The van der Waals surface area contributed by atoms with Crippen LogP contribution in [0.4, 0.5) is 17.6 Å². The Labute approximate surface area is 76.3 Å². The number of halogens is 5. The zero-order valence-corrected chi connectivity index (χ0v) is 6.95. The van der Waals surface area contributed by atoms with Crippen LogP contribution in [0.15, 0.2) is 12.1 Å². The summed E-state index contributed by atoms with van der Waals surface area (Å²) in [6.45, 7) is 0. The number of hydrogen-bond acceptors (Lipinski definition) is 1. The van der Waals surface area contributed by atoms with E-state index < -0.39 is 17.8 Å². The molecule has 1 nitrogen and oxygen atoms in total. The highest BCUT2D eigenvalue weighted by Crippen LogP contribution is 2.30. The van der Waals surface area contributed by atoms with Gasteiger partial charge in [-0.1, -0.05) is 6.07 Å². The standard InChI is InChI=1S/C7H4ClF4N/c8-3-4-1-2-5(9)13-6(4)7(10,11)12/h1-2H,3H2. The highest BCUT2D eigenvalue weighted by Gasteiger charge is 2.35. The van der Waals surface area contributed by atoms with Gasteiger partial charge in [0, 0.05) is 5.88 Å². The van der Waals surface area contributed by atoms with Gasteiger partial charge in [0.15, 0.2) is 5.69 Å². The maximum absolute atomic E-state index is 12.4. The normalized spacial score (nSPS) is 11.8. The van der Waals surface area contributed by atoms with E-state index in [0.717, 1.165) is 12.1 Å². The maximum Gasteiger partial charge on any atom is 0.433 e. The molecule has 0 fully saturated rings. The van der Waals surface area contributed by atoms with Crippen LogP contribution in [-0.4, -0.2) is 4.98 Å². The van der Waals surface area contributed by atoms with Crippen LogP contribution in [0.1, 0.15) is 11.3 Å². The van der Waals surface area contributed by atoms with Crippen LogP contribution in [0.5, 0.6) is 0 Å². The molecule has 13 heavy (non-hydrogen) atoms. The average molecular weight is 214 g/mol. The largest absolute Gasteiger partial charge is 0.433 e. The highest BCUT2D eigenvalue weighted by atomic mass is 35.5. The predicted octanol–water partition coefficient (Wildman–Crippen LogP) is 2.98. The van der Waals surface area contributed by atoms with Gasteiger partial charge < -0.3 is 0 Å². The van der Waals surface area contributed by atoms with E-state index in [4.69, 9.17) is 11.6 Å². The molecular formula is C7H4ClF4N. The van der Waals surface area contributed by atoms with Crippen molar-refractivity contribution in [1.82, 2.24) is 4.98 Å². The Balaban J connectivity index is 3.24. The first-order valence-electron chi connectivity index (χ1n) is 3.23. The lowest BCUT2D eigenvalue weighted by Gasteiger charge is -2.08. The molecule has 0 spiro atoms. The van der Waals surface area contributed by atoms with Gasteiger partial charge in [-0.3, -0.25) is 0 Å². The molecule has 0 aromatic carbocycles. The van der Waals surface area contributed by atoms with Gasteiger partial charge in [0.25, 0.3) is 0 Å². The fourth-order valence-corrected chi connectivity index (χ4v) is 1.03. The van der Waals surface area contributed by atoms with Crippen molar-refractivity contribution < 1.29 is 17.6 Å². The van der Waals surface area contributed by atoms with Gasteiger partial charge >= 0.3 is 6.18 Å². The monoisotopic (exact) mass is 213 g/mol. The Morgan fingerprint density at radius 2 is 1.92 bits per heavy atom. The van der Waals surface area contributed by atoms with Gasteiger partial charge in [0.2, 0.25) is 5.95 Å². The SMILES string of the molecule is Fc1ccc(CCl)c(C(F)(F)F)n1. The molecule has 1 rings (SSSR count). The lowest BCUT2D eigenvalue weighted by atomic mass is 10.2. The molecule has 1 aromatic rings. The Bertz CT molecular complexity index is 310. The smallest absolute Gasteiger partial charge is 0.215 e. The summed E-state index contributed by atoms with van der Waals surface area (Å²) in [5.41, 5.74) is -1.49. The summed E-state index contributed by atoms with van der Waals surface area (Å²) < 4.78 is 48.7. The Kier molecular flexibility index (Phi) is 2.75. The van der Waals surface area contributed by atoms with Crippen LogP contribution >= 0.6 is 11.6 Å². The van der Waals surface area contributed by atoms with Crippen LogP contribution < -0.4 is 0 Å². The van der Waals surface area contributed by atoms with Crippen molar-refractivity contribution in [1.29, 1.82) is 0 Å². The van der Waals surface area contributed by atoms with Crippen molar-refractivity contribution in [2.75, 3.05) is 0 Å². The zero-order chi connectivity index (χ0) is 10.1. The second kappa shape index (κ2) is 3.49. The van der Waals surface area contributed by atoms with E-state index in [0.29, 0.717) is 0 Å². The summed E-state index contributed by atoms with van der Waals surface area (Å²) >= 11 is 5.23. The van der Waals surface area contributed by atoms with Gasteiger partial charge in [-0.2, -0.15) is 17.6 Å². The molecule has 0 aliphatic rings. The third-order valence-corrected chi connectivity index (χ3v) is 1.65. The molecule has 0 atom stereocenters. The molecule has 0 amide bonds. The number of aromatic nitrogens is 1. The molecular weight excluding hydrogens is 210 g/mol. The van der Waals surface area contributed by atoms with Gasteiger partial charge in [-0.05, 0) is 11.6 Å². The first-order valence-corrected chi connectivity index (χ1v) is 3.77. The summed E-state index contributed by atoms with van der Waals surface area (Å²) in [6, 6.07) is 1.81. The molecule has 0 saturated heterocycles. The summed E-state index contributed by atoms with van der Waals surface area (Å²) in [5, 5.41) is 0. The van der Waals surface area contributed by atoms with E-state index in [2.05, 4.69) is 4.98 Å². The van der Waals surface area contributed by atoms with Crippen molar-refractivity contribution in [2.45, 2.75) is 12.1 Å².